The lowest BCUT2D eigenvalue weighted by atomic mass is 10.1. The molecule has 2 saturated heterocycles. The highest BCUT2D eigenvalue weighted by Crippen LogP contribution is 2.27. The van der Waals surface area contributed by atoms with Gasteiger partial charge in [-0.1, -0.05) is 6.07 Å². The van der Waals surface area contributed by atoms with Gasteiger partial charge < -0.3 is 34.6 Å². The standard InChI is InChI=1S/C30H39N5O10S/c1-4-44-30(41)34-13-11-33(12-14-34)29(40)22(7-8-27(37)38)32-28(39)24-16-25(21-6-5-19(2)15-23(21)31-24)45-18-26(36)35-10-9-20(17-35)46(3,42)43/h5-6,15-16,20,22H,4,7-14,17-18H2,1-3H3,(H,32,39)(H,37,38). The fourth-order valence-corrected chi connectivity index (χ4v) is 6.36. The monoisotopic (exact) mass is 661 g/mol. The minimum absolute atomic E-state index is 0.0780. The molecule has 1 aromatic heterocycles. The highest BCUT2D eigenvalue weighted by Gasteiger charge is 2.33. The molecule has 46 heavy (non-hydrogen) atoms. The van der Waals surface area contributed by atoms with Gasteiger partial charge in [0.1, 0.15) is 17.5 Å². The predicted molar refractivity (Wildman–Crippen MR) is 165 cm³/mol. The lowest BCUT2D eigenvalue weighted by molar-refractivity contribution is -0.138. The number of carboxylic acids is 1. The summed E-state index contributed by atoms with van der Waals surface area (Å²) in [5, 5.41) is 11.8. The number of amides is 4. The predicted octanol–water partition coefficient (Wildman–Crippen LogP) is 0.831. The maximum Gasteiger partial charge on any atom is 0.409 e. The van der Waals surface area contributed by atoms with Gasteiger partial charge in [-0.05, 0) is 44.4 Å². The van der Waals surface area contributed by atoms with Gasteiger partial charge in [0.2, 0.25) is 5.91 Å². The molecule has 2 fully saturated rings. The number of nitrogens with zero attached hydrogens (tertiary/aromatic N) is 4. The van der Waals surface area contributed by atoms with Crippen LogP contribution in [0.5, 0.6) is 5.75 Å². The largest absolute Gasteiger partial charge is 0.483 e. The van der Waals surface area contributed by atoms with Crippen LogP contribution < -0.4 is 10.1 Å². The fraction of sp³-hybridized carbons (Fsp3) is 0.533. The van der Waals surface area contributed by atoms with Crippen molar-refractivity contribution in [1.82, 2.24) is 25.0 Å². The number of carboxylic acid groups (broad SMARTS) is 1. The third kappa shape index (κ3) is 8.62. The topological polar surface area (TPSA) is 193 Å². The molecule has 2 atom stereocenters. The number of aliphatic carboxylic acids is 1. The summed E-state index contributed by atoms with van der Waals surface area (Å²) >= 11 is 0. The summed E-state index contributed by atoms with van der Waals surface area (Å²) in [5.41, 5.74) is 1.14. The molecular formula is C30H39N5O10S. The Bertz CT molecular complexity index is 1610. The van der Waals surface area contributed by atoms with Crippen molar-refractivity contribution in [3.63, 3.8) is 0 Å². The normalized spacial score (nSPS) is 17.5. The van der Waals surface area contributed by atoms with Crippen molar-refractivity contribution in [2.24, 2.45) is 0 Å². The van der Waals surface area contributed by atoms with E-state index in [-0.39, 0.29) is 70.2 Å². The molecule has 0 spiro atoms. The summed E-state index contributed by atoms with van der Waals surface area (Å²) in [6.45, 7) is 4.52. The summed E-state index contributed by atoms with van der Waals surface area (Å²) in [4.78, 5) is 72.1. The van der Waals surface area contributed by atoms with Gasteiger partial charge in [0.25, 0.3) is 11.8 Å². The average Bonchev–Trinajstić information content (AvgIpc) is 3.53. The molecule has 1 aromatic carbocycles. The SMILES string of the molecule is CCOC(=O)N1CCN(C(=O)C(CCC(=O)O)NC(=O)c2cc(OCC(=O)N3CCC(S(C)(=O)=O)C3)c3ccc(C)cc3n2)CC1. The van der Waals surface area contributed by atoms with Crippen LogP contribution in [0.2, 0.25) is 0 Å². The van der Waals surface area contributed by atoms with Gasteiger partial charge in [-0.3, -0.25) is 19.2 Å². The van der Waals surface area contributed by atoms with Gasteiger partial charge in [0, 0.05) is 63.4 Å². The van der Waals surface area contributed by atoms with Crippen LogP contribution in [0.3, 0.4) is 0 Å². The fourth-order valence-electron chi connectivity index (χ4n) is 5.38. The van der Waals surface area contributed by atoms with Crippen molar-refractivity contribution < 1.29 is 47.0 Å². The maximum atomic E-state index is 13.5. The summed E-state index contributed by atoms with van der Waals surface area (Å²) in [6.07, 6.45) is 0.450. The Hall–Kier alpha value is -4.47. The van der Waals surface area contributed by atoms with Crippen LogP contribution in [0.25, 0.3) is 10.9 Å². The first kappa shape index (κ1) is 34.4. The number of likely N-dealkylation sites (tertiary alicyclic amines) is 1. The average molecular weight is 662 g/mol. The molecule has 0 saturated carbocycles. The Kier molecular flexibility index (Phi) is 11.0. The summed E-state index contributed by atoms with van der Waals surface area (Å²) in [5.74, 6) is -2.60. The highest BCUT2D eigenvalue weighted by atomic mass is 32.2. The Labute approximate surface area is 266 Å². The number of piperazine rings is 1. The number of carbonyl (C=O) groups is 5. The van der Waals surface area contributed by atoms with Crippen LogP contribution in [-0.2, 0) is 29.0 Å². The third-order valence-corrected chi connectivity index (χ3v) is 9.58. The number of sulfone groups is 1. The van der Waals surface area contributed by atoms with Crippen molar-refractivity contribution in [3.05, 3.63) is 35.5 Å². The van der Waals surface area contributed by atoms with Gasteiger partial charge >= 0.3 is 12.1 Å². The number of aryl methyl sites for hydroxylation is 1. The van der Waals surface area contributed by atoms with E-state index >= 15 is 0 Å². The van der Waals surface area contributed by atoms with Crippen molar-refractivity contribution in [2.45, 2.75) is 44.4 Å². The zero-order chi connectivity index (χ0) is 33.6. The van der Waals surface area contributed by atoms with Crippen LogP contribution in [0, 0.1) is 6.92 Å². The van der Waals surface area contributed by atoms with Crippen LogP contribution in [0.4, 0.5) is 4.79 Å². The second-order valence-corrected chi connectivity index (χ2v) is 13.7. The van der Waals surface area contributed by atoms with Crippen molar-refractivity contribution in [2.75, 3.05) is 58.7 Å². The number of fused-ring (bicyclic) bond motifs is 1. The number of ether oxygens (including phenoxy) is 2. The summed E-state index contributed by atoms with van der Waals surface area (Å²) in [7, 11) is -3.29. The molecule has 0 radical (unpaired) electrons. The maximum absolute atomic E-state index is 13.5. The van der Waals surface area contributed by atoms with E-state index in [9.17, 15) is 37.5 Å². The molecule has 2 N–H and O–H groups in total. The van der Waals surface area contributed by atoms with E-state index in [0.717, 1.165) is 11.8 Å². The van der Waals surface area contributed by atoms with Gasteiger partial charge in [-0.25, -0.2) is 18.2 Å². The van der Waals surface area contributed by atoms with E-state index in [2.05, 4.69) is 10.3 Å². The zero-order valence-corrected chi connectivity index (χ0v) is 26.9. The number of hydrogen-bond donors (Lipinski definition) is 2. The molecular weight excluding hydrogens is 622 g/mol. The van der Waals surface area contributed by atoms with E-state index in [1.165, 1.54) is 20.8 Å². The quantitative estimate of drug-likeness (QED) is 0.347. The van der Waals surface area contributed by atoms with Crippen LogP contribution >= 0.6 is 0 Å². The van der Waals surface area contributed by atoms with E-state index in [1.54, 1.807) is 19.1 Å². The lowest BCUT2D eigenvalue weighted by Gasteiger charge is -2.35. The number of pyridine rings is 1. The number of nitrogens with one attached hydrogen (secondary N) is 1. The Morgan fingerprint density at radius 2 is 1.74 bits per heavy atom. The molecule has 2 aliphatic rings. The van der Waals surface area contributed by atoms with Crippen molar-refractivity contribution in [3.8, 4) is 5.75 Å². The second kappa shape index (κ2) is 14.7. The van der Waals surface area contributed by atoms with Crippen molar-refractivity contribution >= 4 is 50.5 Å². The Morgan fingerprint density at radius 3 is 2.37 bits per heavy atom. The highest BCUT2D eigenvalue weighted by molar-refractivity contribution is 7.91. The smallest absolute Gasteiger partial charge is 0.409 e. The van der Waals surface area contributed by atoms with Crippen LogP contribution in [0.15, 0.2) is 24.3 Å². The first-order chi connectivity index (χ1) is 21.8. The Balaban J connectivity index is 1.50. The Morgan fingerprint density at radius 1 is 1.04 bits per heavy atom. The summed E-state index contributed by atoms with van der Waals surface area (Å²) < 4.78 is 34.7. The molecule has 2 unspecified atom stereocenters. The molecule has 3 heterocycles. The molecule has 15 nitrogen and oxygen atoms in total. The molecule has 0 aliphatic carbocycles. The molecule has 2 aliphatic heterocycles. The molecule has 0 bridgehead atoms. The zero-order valence-electron chi connectivity index (χ0n) is 26.1. The number of benzene rings is 1. The van der Waals surface area contributed by atoms with Gasteiger partial charge in [-0.2, -0.15) is 0 Å². The van der Waals surface area contributed by atoms with Gasteiger partial charge in [0.15, 0.2) is 16.4 Å². The van der Waals surface area contributed by atoms with Gasteiger partial charge in [0.05, 0.1) is 17.4 Å². The second-order valence-electron chi connectivity index (χ2n) is 11.4. The molecule has 4 rings (SSSR count). The van der Waals surface area contributed by atoms with Crippen LogP contribution in [-0.4, -0.2) is 133 Å². The van der Waals surface area contributed by atoms with Crippen LogP contribution in [0.1, 0.15) is 42.2 Å². The number of carbonyl (C=O) groups excluding carboxylic acids is 4. The molecule has 2 aromatic rings. The number of rotatable bonds is 11. The first-order valence-electron chi connectivity index (χ1n) is 15.0. The van der Waals surface area contributed by atoms with Crippen molar-refractivity contribution in [1.29, 1.82) is 0 Å². The van der Waals surface area contributed by atoms with E-state index in [1.807, 2.05) is 13.0 Å². The lowest BCUT2D eigenvalue weighted by Crippen LogP contribution is -2.56. The minimum atomic E-state index is -3.29. The van der Waals surface area contributed by atoms with E-state index in [4.69, 9.17) is 9.47 Å². The number of aromatic nitrogens is 1. The van der Waals surface area contributed by atoms with E-state index in [0.29, 0.717) is 17.3 Å². The molecule has 4 amide bonds. The third-order valence-electron chi connectivity index (χ3n) is 7.98. The molecule has 250 valence electrons. The minimum Gasteiger partial charge on any atom is -0.483 e. The molecule has 16 heteroatoms. The number of hydrogen-bond acceptors (Lipinski definition) is 10. The van der Waals surface area contributed by atoms with E-state index < -0.39 is 57.5 Å². The summed E-state index contributed by atoms with van der Waals surface area (Å²) in [6, 6.07) is 5.45. The first-order valence-corrected chi connectivity index (χ1v) is 17.0. The van der Waals surface area contributed by atoms with Gasteiger partial charge in [-0.15, -0.1) is 0 Å².